The van der Waals surface area contributed by atoms with Crippen LogP contribution in [0.1, 0.15) is 0 Å². The molecule has 0 unspecified atom stereocenters. The highest BCUT2D eigenvalue weighted by Crippen LogP contribution is 2.42. The van der Waals surface area contributed by atoms with Crippen molar-refractivity contribution in [1.29, 1.82) is 0 Å². The van der Waals surface area contributed by atoms with E-state index in [0.29, 0.717) is 17.5 Å². The van der Waals surface area contributed by atoms with E-state index in [0.717, 1.165) is 55.4 Å². The third-order valence-corrected chi connectivity index (χ3v) is 11.4. The smallest absolute Gasteiger partial charge is 0.164 e. The lowest BCUT2D eigenvalue weighted by Crippen LogP contribution is -2.00. The Labute approximate surface area is 333 Å². The van der Waals surface area contributed by atoms with E-state index in [2.05, 4.69) is 120 Å². The molecule has 0 spiro atoms. The number of fused-ring (bicyclic) bond motifs is 10. The molecule has 0 bridgehead atoms. The highest BCUT2D eigenvalue weighted by atomic mass is 16.3. The monoisotopic (exact) mass is 740 g/mol. The number of rotatable bonds is 5. The van der Waals surface area contributed by atoms with Gasteiger partial charge >= 0.3 is 0 Å². The molecule has 0 fully saturated rings. The molecule has 0 N–H and O–H groups in total. The molecule has 3 heterocycles. The van der Waals surface area contributed by atoms with Crippen molar-refractivity contribution in [1.82, 2.24) is 19.5 Å². The minimum absolute atomic E-state index is 0.590. The van der Waals surface area contributed by atoms with Gasteiger partial charge in [0.25, 0.3) is 0 Å². The van der Waals surface area contributed by atoms with Crippen LogP contribution in [0.5, 0.6) is 0 Å². The van der Waals surface area contributed by atoms with Crippen molar-refractivity contribution in [3.8, 4) is 51.0 Å². The Bertz CT molecular complexity index is 3400. The molecule has 0 amide bonds. The second kappa shape index (κ2) is 12.8. The molecular weight excluding hydrogens is 709 g/mol. The molecule has 0 saturated heterocycles. The molecule has 58 heavy (non-hydrogen) atoms. The van der Waals surface area contributed by atoms with Crippen LogP contribution in [-0.4, -0.2) is 19.5 Å². The molecule has 12 aromatic rings. The predicted octanol–water partition coefficient (Wildman–Crippen LogP) is 13.8. The molecule has 0 radical (unpaired) electrons. The number of hydrogen-bond donors (Lipinski definition) is 0. The van der Waals surface area contributed by atoms with Gasteiger partial charge in [0.05, 0.1) is 11.0 Å². The summed E-state index contributed by atoms with van der Waals surface area (Å²) >= 11 is 0. The average Bonchev–Trinajstić information content (AvgIpc) is 3.86. The van der Waals surface area contributed by atoms with E-state index >= 15 is 0 Å². The molecule has 5 heteroatoms. The van der Waals surface area contributed by atoms with Crippen molar-refractivity contribution in [3.63, 3.8) is 0 Å². The normalized spacial score (nSPS) is 11.8. The Morgan fingerprint density at radius 2 is 0.862 bits per heavy atom. The van der Waals surface area contributed by atoms with E-state index in [1.54, 1.807) is 0 Å². The maximum Gasteiger partial charge on any atom is 0.164 e. The third-order valence-electron chi connectivity index (χ3n) is 11.4. The van der Waals surface area contributed by atoms with Crippen LogP contribution in [0.2, 0.25) is 0 Å². The minimum atomic E-state index is 0.590. The van der Waals surface area contributed by atoms with Gasteiger partial charge in [-0.3, -0.25) is 0 Å². The molecule has 9 aromatic carbocycles. The first-order valence-electron chi connectivity index (χ1n) is 19.5. The van der Waals surface area contributed by atoms with Crippen molar-refractivity contribution < 1.29 is 4.42 Å². The third kappa shape index (κ3) is 5.07. The Morgan fingerprint density at radius 3 is 1.47 bits per heavy atom. The van der Waals surface area contributed by atoms with Crippen LogP contribution in [0.25, 0.3) is 116 Å². The molecule has 270 valence electrons. The Balaban J connectivity index is 1.06. The summed E-state index contributed by atoms with van der Waals surface area (Å²) in [4.78, 5) is 15.3. The molecular formula is C53H32N4O. The molecule has 5 nitrogen and oxygen atoms in total. The second-order valence-electron chi connectivity index (χ2n) is 14.8. The molecule has 0 aliphatic carbocycles. The van der Waals surface area contributed by atoms with E-state index in [1.165, 1.54) is 43.4 Å². The average molecular weight is 741 g/mol. The van der Waals surface area contributed by atoms with Crippen LogP contribution in [0.4, 0.5) is 0 Å². The molecule has 0 aliphatic rings. The van der Waals surface area contributed by atoms with E-state index in [4.69, 9.17) is 19.4 Å². The first-order valence-corrected chi connectivity index (χ1v) is 19.5. The summed E-state index contributed by atoms with van der Waals surface area (Å²) < 4.78 is 8.99. The second-order valence-corrected chi connectivity index (χ2v) is 14.8. The van der Waals surface area contributed by atoms with Crippen LogP contribution >= 0.6 is 0 Å². The molecule has 3 aromatic heterocycles. The number of aromatic nitrogens is 4. The van der Waals surface area contributed by atoms with Crippen molar-refractivity contribution in [2.45, 2.75) is 0 Å². The van der Waals surface area contributed by atoms with Crippen LogP contribution < -0.4 is 0 Å². The van der Waals surface area contributed by atoms with Crippen molar-refractivity contribution >= 4 is 65.3 Å². The number of benzene rings is 9. The van der Waals surface area contributed by atoms with Gasteiger partial charge in [-0.25, -0.2) is 15.0 Å². The summed E-state index contributed by atoms with van der Waals surface area (Å²) in [6.45, 7) is 0. The van der Waals surface area contributed by atoms with E-state index in [-0.39, 0.29) is 0 Å². The highest BCUT2D eigenvalue weighted by molar-refractivity contribution is 6.28. The number of nitrogens with zero attached hydrogens (tertiary/aromatic N) is 4. The van der Waals surface area contributed by atoms with E-state index in [9.17, 15) is 0 Å². The first kappa shape index (κ1) is 32.4. The quantitative estimate of drug-likeness (QED) is 0.176. The van der Waals surface area contributed by atoms with Gasteiger partial charge in [-0.1, -0.05) is 152 Å². The Hall–Kier alpha value is -7.89. The topological polar surface area (TPSA) is 56.7 Å². The number of furan rings is 1. The SMILES string of the molecule is c1ccc(-c2nc(-c3ccccc3)nc(-c3cc(-c4ccc(-n5c6ccc7ccccc7c6c6c7ccccc7ccc65)cc4)cc4oc5ccccc5c34)n2)cc1. The van der Waals surface area contributed by atoms with E-state index < -0.39 is 0 Å². The van der Waals surface area contributed by atoms with Gasteiger partial charge in [-0.05, 0) is 75.1 Å². The fourth-order valence-corrected chi connectivity index (χ4v) is 8.76. The van der Waals surface area contributed by atoms with Crippen LogP contribution in [0, 0.1) is 0 Å². The molecule has 12 rings (SSSR count). The predicted molar refractivity (Wildman–Crippen MR) is 238 cm³/mol. The standard InChI is InChI=1S/C53H32N4O/c1-3-15-36(16-4-1)51-54-52(37-17-5-2-6-18-37)56-53(55-51)43-31-38(32-47-48(43)42-21-11-12-22-46(42)58-47)33-23-27-39(28-24-33)57-44-29-25-34-13-7-9-19-40(34)49(44)50-41-20-10-8-14-35(41)26-30-45(50)57/h1-32H. The summed E-state index contributed by atoms with van der Waals surface area (Å²) in [6, 6.07) is 68.0. The van der Waals surface area contributed by atoms with Gasteiger partial charge in [-0.15, -0.1) is 0 Å². The lowest BCUT2D eigenvalue weighted by Gasteiger charge is -2.12. The first-order chi connectivity index (χ1) is 28.7. The lowest BCUT2D eigenvalue weighted by molar-refractivity contribution is 0.669. The Kier molecular flexibility index (Phi) is 7.16. The van der Waals surface area contributed by atoms with Crippen molar-refractivity contribution in [3.05, 3.63) is 194 Å². The van der Waals surface area contributed by atoms with Gasteiger partial charge < -0.3 is 8.98 Å². The zero-order valence-electron chi connectivity index (χ0n) is 31.2. The summed E-state index contributed by atoms with van der Waals surface area (Å²) in [5, 5.41) is 9.53. The fraction of sp³-hybridized carbons (Fsp3) is 0. The van der Waals surface area contributed by atoms with Gasteiger partial charge in [-0.2, -0.15) is 0 Å². The van der Waals surface area contributed by atoms with E-state index in [1.807, 2.05) is 78.9 Å². The fourth-order valence-electron chi connectivity index (χ4n) is 8.76. The van der Waals surface area contributed by atoms with Gasteiger partial charge in [0.1, 0.15) is 11.2 Å². The van der Waals surface area contributed by atoms with Gasteiger partial charge in [0, 0.05) is 43.9 Å². The zero-order valence-corrected chi connectivity index (χ0v) is 31.2. The van der Waals surface area contributed by atoms with Crippen LogP contribution in [0.3, 0.4) is 0 Å². The molecule has 0 saturated carbocycles. The maximum atomic E-state index is 6.58. The summed E-state index contributed by atoms with van der Waals surface area (Å²) in [5.74, 6) is 1.83. The van der Waals surface area contributed by atoms with Crippen LogP contribution in [-0.2, 0) is 0 Å². The molecule has 0 aliphatic heterocycles. The summed E-state index contributed by atoms with van der Waals surface area (Å²) in [6.07, 6.45) is 0. The Morgan fingerprint density at radius 1 is 0.345 bits per heavy atom. The largest absolute Gasteiger partial charge is 0.456 e. The van der Waals surface area contributed by atoms with Crippen molar-refractivity contribution in [2.75, 3.05) is 0 Å². The zero-order chi connectivity index (χ0) is 38.2. The number of para-hydroxylation sites is 1. The maximum absolute atomic E-state index is 6.58. The lowest BCUT2D eigenvalue weighted by atomic mass is 9.98. The number of hydrogen-bond acceptors (Lipinski definition) is 4. The summed E-state index contributed by atoms with van der Waals surface area (Å²) in [7, 11) is 0. The van der Waals surface area contributed by atoms with Crippen LogP contribution in [0.15, 0.2) is 199 Å². The van der Waals surface area contributed by atoms with Gasteiger partial charge in [0.2, 0.25) is 0 Å². The van der Waals surface area contributed by atoms with Gasteiger partial charge in [0.15, 0.2) is 17.5 Å². The van der Waals surface area contributed by atoms with Crippen molar-refractivity contribution in [2.24, 2.45) is 0 Å². The molecule has 0 atom stereocenters. The summed E-state index contributed by atoms with van der Waals surface area (Å²) in [5.41, 5.74) is 9.87. The minimum Gasteiger partial charge on any atom is -0.456 e. The highest BCUT2D eigenvalue weighted by Gasteiger charge is 2.21.